The summed E-state index contributed by atoms with van der Waals surface area (Å²) in [6.45, 7) is 7.84. The molecule has 2 N–H and O–H groups in total. The Kier molecular flexibility index (Phi) is 5.66. The number of carboxylic acids is 1. The number of nitrogens with one attached hydrogen (secondary N) is 1. The van der Waals surface area contributed by atoms with Crippen LogP contribution in [0.25, 0.3) is 6.08 Å². The number of thioether (sulfide) groups is 1. The molecule has 1 heterocycles. The molecule has 1 aromatic carbocycles. The Morgan fingerprint density at radius 3 is 2.58 bits per heavy atom. The minimum atomic E-state index is -1.01. The van der Waals surface area contributed by atoms with Gasteiger partial charge in [-0.05, 0) is 66.4 Å². The zero-order chi connectivity index (χ0) is 17.9. The first-order valence-corrected chi connectivity index (χ1v) is 8.33. The van der Waals surface area contributed by atoms with Gasteiger partial charge in [-0.2, -0.15) is 0 Å². The molecule has 0 spiro atoms. The molecule has 0 atom stereocenters. The van der Waals surface area contributed by atoms with E-state index in [9.17, 15) is 9.90 Å². The Morgan fingerprint density at radius 1 is 1.38 bits per heavy atom. The number of aromatic amines is 1. The molecule has 0 aliphatic rings. The zero-order valence-electron chi connectivity index (χ0n) is 14.4. The highest BCUT2D eigenvalue weighted by Gasteiger charge is 2.15. The van der Waals surface area contributed by atoms with Gasteiger partial charge < -0.3 is 9.84 Å². The Labute approximate surface area is 145 Å². The predicted molar refractivity (Wildman–Crippen MR) is 94.4 cm³/mol. The molecule has 0 bridgehead atoms. The van der Waals surface area contributed by atoms with Crippen LogP contribution in [0.2, 0.25) is 0 Å². The third-order valence-corrected chi connectivity index (χ3v) is 4.39. The molecule has 1 aromatic heterocycles. The molecule has 24 heavy (non-hydrogen) atoms. The van der Waals surface area contributed by atoms with E-state index in [2.05, 4.69) is 29.0 Å². The summed E-state index contributed by atoms with van der Waals surface area (Å²) in [6, 6.07) is 3.91. The van der Waals surface area contributed by atoms with Crippen molar-refractivity contribution in [3.8, 4) is 5.75 Å². The molecule has 0 saturated heterocycles. The average Bonchev–Trinajstić information content (AvgIpc) is 2.92. The van der Waals surface area contributed by atoms with E-state index in [0.717, 1.165) is 34.2 Å². The summed E-state index contributed by atoms with van der Waals surface area (Å²) < 4.78 is 5.43. The van der Waals surface area contributed by atoms with Gasteiger partial charge in [0.05, 0.1) is 7.11 Å². The first-order valence-electron chi connectivity index (χ1n) is 7.52. The second-order valence-corrected chi connectivity index (χ2v) is 6.73. The van der Waals surface area contributed by atoms with Crippen molar-refractivity contribution in [3.63, 3.8) is 0 Å². The van der Waals surface area contributed by atoms with Gasteiger partial charge in [-0.25, -0.2) is 9.78 Å². The molecule has 0 amide bonds. The summed E-state index contributed by atoms with van der Waals surface area (Å²) in [4.78, 5) is 15.9. The van der Waals surface area contributed by atoms with Crippen LogP contribution in [0.4, 0.5) is 0 Å². The monoisotopic (exact) mass is 347 g/mol. The van der Waals surface area contributed by atoms with E-state index in [4.69, 9.17) is 4.74 Å². The topological polar surface area (TPSA) is 88.1 Å². The fraction of sp³-hybridized carbons (Fsp3) is 0.353. The number of aryl methyl sites for hydroxylation is 2. The standard InChI is InChI=1S/C17H21N3O3S/c1-9(2)13-7-12(10(3)6-14(13)23-5)8-15(16(21)22)24-17-18-11(4)19-20-17/h6-9H,1-5H3,(H,21,22)(H,18,19,20). The van der Waals surface area contributed by atoms with Crippen molar-refractivity contribution < 1.29 is 14.6 Å². The van der Waals surface area contributed by atoms with E-state index < -0.39 is 5.97 Å². The van der Waals surface area contributed by atoms with Gasteiger partial charge in [0.2, 0.25) is 5.16 Å². The number of nitrogens with zero attached hydrogens (tertiary/aromatic N) is 2. The SMILES string of the molecule is COc1cc(C)c(C=C(Sc2n[nH]c(C)n2)C(=O)O)cc1C(C)C. The van der Waals surface area contributed by atoms with Crippen molar-refractivity contribution in [3.05, 3.63) is 39.6 Å². The number of aromatic nitrogens is 3. The van der Waals surface area contributed by atoms with Gasteiger partial charge in [0, 0.05) is 0 Å². The van der Waals surface area contributed by atoms with Crippen molar-refractivity contribution in [2.24, 2.45) is 0 Å². The fourth-order valence-electron chi connectivity index (χ4n) is 2.24. The average molecular weight is 347 g/mol. The maximum atomic E-state index is 11.6. The highest BCUT2D eigenvalue weighted by molar-refractivity contribution is 8.04. The van der Waals surface area contributed by atoms with Gasteiger partial charge in [0.1, 0.15) is 16.5 Å². The van der Waals surface area contributed by atoms with Crippen LogP contribution in [0, 0.1) is 13.8 Å². The largest absolute Gasteiger partial charge is 0.496 e. The van der Waals surface area contributed by atoms with E-state index in [-0.39, 0.29) is 10.8 Å². The molecule has 0 unspecified atom stereocenters. The number of rotatable bonds is 6. The maximum absolute atomic E-state index is 11.6. The van der Waals surface area contributed by atoms with E-state index in [0.29, 0.717) is 11.0 Å². The second kappa shape index (κ2) is 7.53. The van der Waals surface area contributed by atoms with E-state index in [1.807, 2.05) is 19.1 Å². The minimum absolute atomic E-state index is 0.164. The molecule has 2 rings (SSSR count). The number of carboxylic acid groups (broad SMARTS) is 1. The lowest BCUT2D eigenvalue weighted by Gasteiger charge is -2.15. The first-order chi connectivity index (χ1) is 11.3. The number of methoxy groups -OCH3 is 1. The molecule has 0 radical (unpaired) electrons. The molecule has 128 valence electrons. The van der Waals surface area contributed by atoms with Crippen molar-refractivity contribution in [1.82, 2.24) is 15.2 Å². The highest BCUT2D eigenvalue weighted by Crippen LogP contribution is 2.32. The van der Waals surface area contributed by atoms with Gasteiger partial charge in [0.25, 0.3) is 0 Å². The highest BCUT2D eigenvalue weighted by atomic mass is 32.2. The molecule has 0 fully saturated rings. The summed E-state index contributed by atoms with van der Waals surface area (Å²) in [7, 11) is 1.64. The number of hydrogen-bond donors (Lipinski definition) is 2. The number of aliphatic carboxylic acids is 1. The van der Waals surface area contributed by atoms with Gasteiger partial charge in [-0.1, -0.05) is 13.8 Å². The molecular formula is C17H21N3O3S. The Morgan fingerprint density at radius 2 is 2.08 bits per heavy atom. The van der Waals surface area contributed by atoms with Crippen molar-refractivity contribution >= 4 is 23.8 Å². The second-order valence-electron chi connectivity index (χ2n) is 5.72. The normalized spacial score (nSPS) is 11.8. The van der Waals surface area contributed by atoms with Crippen LogP contribution in [-0.2, 0) is 4.79 Å². The summed E-state index contributed by atoms with van der Waals surface area (Å²) in [5, 5.41) is 16.6. The van der Waals surface area contributed by atoms with Crippen LogP contribution in [0.1, 0.15) is 42.3 Å². The molecule has 6 nitrogen and oxygen atoms in total. The lowest BCUT2D eigenvalue weighted by molar-refractivity contribution is -0.131. The molecule has 0 aliphatic carbocycles. The smallest absolute Gasteiger partial charge is 0.342 e. The Balaban J connectivity index is 2.45. The lowest BCUT2D eigenvalue weighted by atomic mass is 9.96. The predicted octanol–water partition coefficient (Wildman–Crippen LogP) is 3.77. The van der Waals surface area contributed by atoms with Gasteiger partial charge in [-0.3, -0.25) is 5.10 Å². The Bertz CT molecular complexity index is 781. The third-order valence-electron chi connectivity index (χ3n) is 3.52. The van der Waals surface area contributed by atoms with Gasteiger partial charge in [-0.15, -0.1) is 5.10 Å². The number of benzene rings is 1. The van der Waals surface area contributed by atoms with Gasteiger partial charge >= 0.3 is 5.97 Å². The van der Waals surface area contributed by atoms with Crippen LogP contribution in [0.5, 0.6) is 5.75 Å². The maximum Gasteiger partial charge on any atom is 0.342 e. The zero-order valence-corrected chi connectivity index (χ0v) is 15.2. The van der Waals surface area contributed by atoms with E-state index in [1.165, 1.54) is 0 Å². The number of carbonyl (C=O) groups is 1. The van der Waals surface area contributed by atoms with E-state index in [1.54, 1.807) is 20.1 Å². The summed E-state index contributed by atoms with van der Waals surface area (Å²) in [5.74, 6) is 0.715. The molecule has 0 saturated carbocycles. The molecule has 0 aliphatic heterocycles. The fourth-order valence-corrected chi connectivity index (χ4v) is 2.99. The molecule has 2 aromatic rings. The summed E-state index contributed by atoms with van der Waals surface area (Å²) in [5.41, 5.74) is 2.83. The van der Waals surface area contributed by atoms with Crippen molar-refractivity contribution in [2.45, 2.75) is 38.8 Å². The molecule has 7 heteroatoms. The van der Waals surface area contributed by atoms with Crippen LogP contribution in [0.3, 0.4) is 0 Å². The van der Waals surface area contributed by atoms with Crippen LogP contribution < -0.4 is 4.74 Å². The molecular weight excluding hydrogens is 326 g/mol. The van der Waals surface area contributed by atoms with Crippen LogP contribution >= 0.6 is 11.8 Å². The van der Waals surface area contributed by atoms with Crippen LogP contribution in [-0.4, -0.2) is 33.4 Å². The summed E-state index contributed by atoms with van der Waals surface area (Å²) in [6.07, 6.45) is 1.65. The van der Waals surface area contributed by atoms with E-state index >= 15 is 0 Å². The quantitative estimate of drug-likeness (QED) is 0.611. The third kappa shape index (κ3) is 4.17. The van der Waals surface area contributed by atoms with Crippen molar-refractivity contribution in [2.75, 3.05) is 7.11 Å². The summed E-state index contributed by atoms with van der Waals surface area (Å²) >= 11 is 1.02. The number of ether oxygens (including phenoxy) is 1. The van der Waals surface area contributed by atoms with Crippen molar-refractivity contribution in [1.29, 1.82) is 0 Å². The number of H-pyrrole nitrogens is 1. The first kappa shape index (κ1) is 18.1. The number of hydrogen-bond acceptors (Lipinski definition) is 5. The minimum Gasteiger partial charge on any atom is -0.496 e. The van der Waals surface area contributed by atoms with Crippen LogP contribution in [0.15, 0.2) is 22.2 Å². The van der Waals surface area contributed by atoms with Gasteiger partial charge in [0.15, 0.2) is 0 Å². The Hall–Kier alpha value is -2.28. The lowest BCUT2D eigenvalue weighted by Crippen LogP contribution is -2.00.